The first-order valence-corrected chi connectivity index (χ1v) is 12.3. The number of carbonyl (C=O) groups excluding carboxylic acids is 1. The van der Waals surface area contributed by atoms with Crippen LogP contribution in [0.25, 0.3) is 11.0 Å². The molecule has 0 radical (unpaired) electrons. The van der Waals surface area contributed by atoms with Crippen molar-refractivity contribution in [3.05, 3.63) is 97.8 Å². The molecule has 1 unspecified atom stereocenters. The van der Waals surface area contributed by atoms with Crippen LogP contribution in [0, 0.1) is 6.92 Å². The molecule has 0 aliphatic carbocycles. The van der Waals surface area contributed by atoms with Gasteiger partial charge < -0.3 is 13.9 Å². The van der Waals surface area contributed by atoms with Crippen LogP contribution >= 0.6 is 15.9 Å². The molecule has 0 spiro atoms. The molecule has 1 atom stereocenters. The monoisotopic (exact) mass is 533 g/mol. The molecule has 1 aliphatic rings. The van der Waals surface area contributed by atoms with Gasteiger partial charge in [-0.05, 0) is 74.9 Å². The predicted molar refractivity (Wildman–Crippen MR) is 139 cm³/mol. The topological polar surface area (TPSA) is 69.0 Å². The summed E-state index contributed by atoms with van der Waals surface area (Å²) in [6, 6.07) is 17.6. The summed E-state index contributed by atoms with van der Waals surface area (Å²) in [6.45, 7) is 6.66. The van der Waals surface area contributed by atoms with Crippen molar-refractivity contribution in [3.8, 4) is 11.5 Å². The molecular weight excluding hydrogens is 510 g/mol. The standard InChI is InChI=1S/C28H24BrNO5/c1-4-33-22-13-7-17(15-23(22)34-5-2)25-24-26(31)20-14-16(3)6-12-21(20)35-27(24)28(32)30(25)19-10-8-18(29)9-11-19/h6-15,25H,4-5H2,1-3H3. The smallest absolute Gasteiger partial charge is 0.295 e. The van der Waals surface area contributed by atoms with E-state index >= 15 is 0 Å². The number of rotatable bonds is 6. The van der Waals surface area contributed by atoms with Crippen molar-refractivity contribution in [2.75, 3.05) is 18.1 Å². The Morgan fingerprint density at radius 3 is 2.34 bits per heavy atom. The van der Waals surface area contributed by atoms with Gasteiger partial charge in [-0.25, -0.2) is 0 Å². The zero-order chi connectivity index (χ0) is 24.7. The third-order valence-electron chi connectivity index (χ3n) is 6.01. The molecule has 2 heterocycles. The van der Waals surface area contributed by atoms with Crippen LogP contribution in [0.3, 0.4) is 0 Å². The van der Waals surface area contributed by atoms with Gasteiger partial charge in [-0.1, -0.05) is 33.6 Å². The molecule has 5 rings (SSSR count). The quantitative estimate of drug-likeness (QED) is 0.286. The maximum absolute atomic E-state index is 13.8. The number of amides is 1. The van der Waals surface area contributed by atoms with Crippen LogP contribution in [0.2, 0.25) is 0 Å². The Labute approximate surface area is 211 Å². The normalized spacial score (nSPS) is 14.9. The van der Waals surface area contributed by atoms with E-state index in [4.69, 9.17) is 13.9 Å². The average Bonchev–Trinajstić information content (AvgIpc) is 3.14. The highest BCUT2D eigenvalue weighted by Gasteiger charge is 2.44. The molecule has 1 aromatic heterocycles. The summed E-state index contributed by atoms with van der Waals surface area (Å²) >= 11 is 3.45. The fourth-order valence-corrected chi connectivity index (χ4v) is 4.77. The van der Waals surface area contributed by atoms with E-state index in [9.17, 15) is 9.59 Å². The van der Waals surface area contributed by atoms with Gasteiger partial charge in [0.25, 0.3) is 5.91 Å². The van der Waals surface area contributed by atoms with Crippen LogP contribution in [0.15, 0.2) is 74.3 Å². The summed E-state index contributed by atoms with van der Waals surface area (Å²) in [5.41, 5.74) is 2.82. The number of fused-ring (bicyclic) bond motifs is 2. The number of nitrogens with zero attached hydrogens (tertiary/aromatic N) is 1. The molecule has 7 heteroatoms. The minimum atomic E-state index is -0.685. The number of hydrogen-bond donors (Lipinski definition) is 0. The minimum absolute atomic E-state index is 0.0612. The van der Waals surface area contributed by atoms with Gasteiger partial charge in [0.05, 0.1) is 30.2 Å². The zero-order valence-electron chi connectivity index (χ0n) is 19.6. The third-order valence-corrected chi connectivity index (χ3v) is 6.54. The molecule has 0 N–H and O–H groups in total. The third kappa shape index (κ3) is 4.00. The van der Waals surface area contributed by atoms with Crippen molar-refractivity contribution in [2.45, 2.75) is 26.8 Å². The molecule has 1 aliphatic heterocycles. The van der Waals surface area contributed by atoms with E-state index in [2.05, 4.69) is 15.9 Å². The van der Waals surface area contributed by atoms with Crippen molar-refractivity contribution >= 4 is 38.5 Å². The summed E-state index contributed by atoms with van der Waals surface area (Å²) in [4.78, 5) is 29.2. The number of halogens is 1. The minimum Gasteiger partial charge on any atom is -0.490 e. The molecule has 35 heavy (non-hydrogen) atoms. The van der Waals surface area contributed by atoms with Crippen LogP contribution in [0.1, 0.15) is 47.1 Å². The molecule has 178 valence electrons. The van der Waals surface area contributed by atoms with Crippen molar-refractivity contribution in [2.24, 2.45) is 0 Å². The Morgan fingerprint density at radius 2 is 1.63 bits per heavy atom. The van der Waals surface area contributed by atoms with Gasteiger partial charge in [0.1, 0.15) is 5.58 Å². The van der Waals surface area contributed by atoms with Crippen molar-refractivity contribution in [1.82, 2.24) is 0 Å². The van der Waals surface area contributed by atoms with Gasteiger partial charge in [0, 0.05) is 10.2 Å². The van der Waals surface area contributed by atoms with Crippen LogP contribution in [0.5, 0.6) is 11.5 Å². The van der Waals surface area contributed by atoms with Crippen LogP contribution in [0.4, 0.5) is 5.69 Å². The lowest BCUT2D eigenvalue weighted by atomic mass is 9.97. The number of carbonyl (C=O) groups is 1. The van der Waals surface area contributed by atoms with Gasteiger partial charge in [-0.15, -0.1) is 0 Å². The molecule has 0 saturated carbocycles. The maximum atomic E-state index is 13.8. The molecule has 0 bridgehead atoms. The fourth-order valence-electron chi connectivity index (χ4n) is 4.51. The van der Waals surface area contributed by atoms with E-state index in [1.165, 1.54) is 0 Å². The summed E-state index contributed by atoms with van der Waals surface area (Å²) in [6.07, 6.45) is 0. The van der Waals surface area contributed by atoms with Crippen LogP contribution < -0.4 is 19.8 Å². The lowest BCUT2D eigenvalue weighted by Crippen LogP contribution is -2.29. The van der Waals surface area contributed by atoms with E-state index in [1.807, 2.05) is 69.3 Å². The highest BCUT2D eigenvalue weighted by molar-refractivity contribution is 9.10. The Balaban J connectivity index is 1.78. The van der Waals surface area contributed by atoms with Gasteiger partial charge in [0.15, 0.2) is 16.9 Å². The van der Waals surface area contributed by atoms with Gasteiger partial charge >= 0.3 is 0 Å². The Bertz CT molecular complexity index is 1490. The lowest BCUT2D eigenvalue weighted by molar-refractivity contribution is 0.0971. The SMILES string of the molecule is CCOc1ccc(C2c3c(oc4ccc(C)cc4c3=O)C(=O)N2c2ccc(Br)cc2)cc1OCC. The van der Waals surface area contributed by atoms with Gasteiger partial charge in [0.2, 0.25) is 5.76 Å². The van der Waals surface area contributed by atoms with E-state index in [0.717, 1.165) is 15.6 Å². The first-order valence-electron chi connectivity index (χ1n) is 11.5. The van der Waals surface area contributed by atoms with E-state index in [1.54, 1.807) is 17.0 Å². The molecule has 0 fully saturated rings. The number of aryl methyl sites for hydroxylation is 1. The second-order valence-corrected chi connectivity index (χ2v) is 9.22. The van der Waals surface area contributed by atoms with Crippen LogP contribution in [-0.2, 0) is 0 Å². The van der Waals surface area contributed by atoms with Gasteiger partial charge in [-0.2, -0.15) is 0 Å². The van der Waals surface area contributed by atoms with Crippen molar-refractivity contribution in [3.63, 3.8) is 0 Å². The maximum Gasteiger partial charge on any atom is 0.295 e. The fraction of sp³-hybridized carbons (Fsp3) is 0.214. The number of ether oxygens (including phenoxy) is 2. The second-order valence-electron chi connectivity index (χ2n) is 8.30. The largest absolute Gasteiger partial charge is 0.490 e. The highest BCUT2D eigenvalue weighted by Crippen LogP contribution is 2.43. The Morgan fingerprint density at radius 1 is 0.914 bits per heavy atom. The lowest BCUT2D eigenvalue weighted by Gasteiger charge is -2.26. The summed E-state index contributed by atoms with van der Waals surface area (Å²) in [5, 5.41) is 0.454. The number of anilines is 1. The summed E-state index contributed by atoms with van der Waals surface area (Å²) in [5.74, 6) is 0.869. The Hall–Kier alpha value is -3.58. The molecule has 1 amide bonds. The van der Waals surface area contributed by atoms with Crippen LogP contribution in [-0.4, -0.2) is 19.1 Å². The molecule has 6 nitrogen and oxygen atoms in total. The predicted octanol–water partition coefficient (Wildman–Crippen LogP) is 6.41. The van der Waals surface area contributed by atoms with E-state index < -0.39 is 6.04 Å². The van der Waals surface area contributed by atoms with E-state index in [0.29, 0.717) is 46.9 Å². The first kappa shape index (κ1) is 23.2. The van der Waals surface area contributed by atoms with E-state index in [-0.39, 0.29) is 17.1 Å². The molecule has 0 saturated heterocycles. The van der Waals surface area contributed by atoms with Crippen molar-refractivity contribution < 1.29 is 18.7 Å². The molecule has 4 aromatic rings. The van der Waals surface area contributed by atoms with Crippen molar-refractivity contribution in [1.29, 1.82) is 0 Å². The first-order chi connectivity index (χ1) is 16.9. The summed E-state index contributed by atoms with van der Waals surface area (Å²) < 4.78 is 18.5. The summed E-state index contributed by atoms with van der Waals surface area (Å²) in [7, 11) is 0. The molecule has 3 aromatic carbocycles. The van der Waals surface area contributed by atoms with Gasteiger partial charge in [-0.3, -0.25) is 14.5 Å². The number of hydrogen-bond acceptors (Lipinski definition) is 5. The average molecular weight is 534 g/mol. The zero-order valence-corrected chi connectivity index (χ0v) is 21.2. The highest BCUT2D eigenvalue weighted by atomic mass is 79.9. The number of benzene rings is 3. The second kappa shape index (κ2) is 9.23. The molecular formula is C28H24BrNO5. The Kier molecular flexibility index (Phi) is 6.11.